The highest BCUT2D eigenvalue weighted by Gasteiger charge is 2.28. The molecule has 0 unspecified atom stereocenters. The Balaban J connectivity index is 2.43. The fourth-order valence-corrected chi connectivity index (χ4v) is 2.09. The van der Waals surface area contributed by atoms with Crippen molar-refractivity contribution < 1.29 is 14.3 Å². The third-order valence-electron chi connectivity index (χ3n) is 2.86. The number of benzene rings is 1. The van der Waals surface area contributed by atoms with E-state index in [0.717, 1.165) is 29.8 Å². The highest BCUT2D eigenvalue weighted by molar-refractivity contribution is 5.78. The molecule has 1 heterocycles. The summed E-state index contributed by atoms with van der Waals surface area (Å²) >= 11 is 0. The highest BCUT2D eigenvalue weighted by atomic mass is 16.5. The van der Waals surface area contributed by atoms with Gasteiger partial charge >= 0.3 is 5.97 Å². The van der Waals surface area contributed by atoms with Gasteiger partial charge in [-0.05, 0) is 18.1 Å². The summed E-state index contributed by atoms with van der Waals surface area (Å²) in [5.74, 6) is 0.585. The molecule has 86 valence electrons. The van der Waals surface area contributed by atoms with Gasteiger partial charge in [0, 0.05) is 12.1 Å². The minimum atomic E-state index is -0.371. The normalized spacial score (nSPS) is 18.8. The van der Waals surface area contributed by atoms with E-state index in [1.165, 1.54) is 7.11 Å². The van der Waals surface area contributed by atoms with Crippen LogP contribution in [0.15, 0.2) is 18.2 Å². The van der Waals surface area contributed by atoms with E-state index < -0.39 is 0 Å². The Kier molecular flexibility index (Phi) is 3.10. The van der Waals surface area contributed by atoms with E-state index in [1.54, 1.807) is 7.11 Å². The summed E-state index contributed by atoms with van der Waals surface area (Å²) in [7, 11) is 3.04. The van der Waals surface area contributed by atoms with Crippen molar-refractivity contribution in [2.24, 2.45) is 0 Å². The molecule has 1 aliphatic heterocycles. The summed E-state index contributed by atoms with van der Waals surface area (Å²) in [5.41, 5.74) is 2.05. The Morgan fingerprint density at radius 3 is 2.94 bits per heavy atom. The van der Waals surface area contributed by atoms with Crippen LogP contribution < -0.4 is 10.1 Å². The maximum atomic E-state index is 11.6. The maximum absolute atomic E-state index is 11.6. The van der Waals surface area contributed by atoms with E-state index in [4.69, 9.17) is 9.47 Å². The molecule has 0 bridgehead atoms. The monoisotopic (exact) mass is 221 g/mol. The second-order valence-electron chi connectivity index (χ2n) is 3.69. The first kappa shape index (κ1) is 11.0. The van der Waals surface area contributed by atoms with Gasteiger partial charge in [-0.3, -0.25) is 0 Å². The number of carbonyl (C=O) groups is 1. The molecule has 0 aromatic heterocycles. The lowest BCUT2D eigenvalue weighted by atomic mass is 9.93. The van der Waals surface area contributed by atoms with Crippen LogP contribution in [0.3, 0.4) is 0 Å². The molecule has 0 spiro atoms. The fraction of sp³-hybridized carbons (Fsp3) is 0.417. The Morgan fingerprint density at radius 2 is 2.25 bits per heavy atom. The topological polar surface area (TPSA) is 47.6 Å². The lowest BCUT2D eigenvalue weighted by Crippen LogP contribution is -2.35. The third kappa shape index (κ3) is 1.76. The van der Waals surface area contributed by atoms with Gasteiger partial charge in [0.05, 0.1) is 14.2 Å². The predicted octanol–water partition coefficient (Wildman–Crippen LogP) is 1.05. The average molecular weight is 221 g/mol. The van der Waals surface area contributed by atoms with Gasteiger partial charge in [0.2, 0.25) is 0 Å². The molecule has 4 nitrogen and oxygen atoms in total. The average Bonchev–Trinajstić information content (AvgIpc) is 2.36. The highest BCUT2D eigenvalue weighted by Crippen LogP contribution is 2.30. The largest absolute Gasteiger partial charge is 0.496 e. The minimum absolute atomic E-state index is 0.255. The summed E-state index contributed by atoms with van der Waals surface area (Å²) in [6.45, 7) is 0.757. The molecule has 0 aliphatic carbocycles. The molecular weight excluding hydrogens is 206 g/mol. The van der Waals surface area contributed by atoms with Crippen LogP contribution in [0, 0.1) is 0 Å². The number of ether oxygens (including phenoxy) is 2. The van der Waals surface area contributed by atoms with Crippen molar-refractivity contribution >= 4 is 5.97 Å². The van der Waals surface area contributed by atoms with Gasteiger partial charge in [-0.15, -0.1) is 0 Å². The number of nitrogens with one attached hydrogen (secondary N) is 1. The van der Waals surface area contributed by atoms with Crippen LogP contribution in [0.5, 0.6) is 5.75 Å². The first-order valence-corrected chi connectivity index (χ1v) is 5.25. The van der Waals surface area contributed by atoms with Crippen LogP contribution in [-0.2, 0) is 16.0 Å². The van der Waals surface area contributed by atoms with Crippen LogP contribution in [0.25, 0.3) is 0 Å². The molecule has 0 amide bonds. The second-order valence-corrected chi connectivity index (χ2v) is 3.69. The van der Waals surface area contributed by atoms with Crippen LogP contribution in [0.2, 0.25) is 0 Å². The van der Waals surface area contributed by atoms with Gasteiger partial charge in [0.25, 0.3) is 0 Å². The van der Waals surface area contributed by atoms with E-state index in [2.05, 4.69) is 5.32 Å². The Morgan fingerprint density at radius 1 is 1.44 bits per heavy atom. The molecule has 1 aromatic rings. The number of hydrogen-bond donors (Lipinski definition) is 1. The van der Waals surface area contributed by atoms with E-state index in [0.29, 0.717) is 0 Å². The Labute approximate surface area is 94.6 Å². The van der Waals surface area contributed by atoms with Gasteiger partial charge in [0.1, 0.15) is 11.8 Å². The first-order valence-electron chi connectivity index (χ1n) is 5.25. The zero-order chi connectivity index (χ0) is 11.5. The summed E-state index contributed by atoms with van der Waals surface area (Å²) < 4.78 is 10.1. The first-order chi connectivity index (χ1) is 7.77. The SMILES string of the molecule is COC(=O)[C@H]1NCCc2c(OC)cccc21. The molecule has 1 aliphatic rings. The van der Waals surface area contributed by atoms with Crippen molar-refractivity contribution in [3.05, 3.63) is 29.3 Å². The minimum Gasteiger partial charge on any atom is -0.496 e. The number of carbonyl (C=O) groups excluding carboxylic acids is 1. The lowest BCUT2D eigenvalue weighted by Gasteiger charge is -2.26. The molecule has 4 heteroatoms. The Hall–Kier alpha value is -1.55. The number of hydrogen-bond acceptors (Lipinski definition) is 4. The summed E-state index contributed by atoms with van der Waals surface area (Å²) in [6.07, 6.45) is 0.868. The molecule has 1 aromatic carbocycles. The molecular formula is C12H15NO3. The molecule has 1 atom stereocenters. The van der Waals surface area contributed by atoms with E-state index in [-0.39, 0.29) is 12.0 Å². The maximum Gasteiger partial charge on any atom is 0.327 e. The van der Waals surface area contributed by atoms with Gasteiger partial charge in [-0.1, -0.05) is 12.1 Å². The standard InChI is InChI=1S/C12H15NO3/c1-15-10-5-3-4-9-8(10)6-7-13-11(9)12(14)16-2/h3-5,11,13H,6-7H2,1-2H3/t11-/m0/s1. The zero-order valence-electron chi connectivity index (χ0n) is 9.45. The number of methoxy groups -OCH3 is 2. The van der Waals surface area contributed by atoms with Crippen molar-refractivity contribution in [1.29, 1.82) is 0 Å². The Bertz CT molecular complexity index is 403. The van der Waals surface area contributed by atoms with Crippen LogP contribution in [0.4, 0.5) is 0 Å². The van der Waals surface area contributed by atoms with E-state index >= 15 is 0 Å². The van der Waals surface area contributed by atoms with Crippen LogP contribution in [0.1, 0.15) is 17.2 Å². The molecule has 1 N–H and O–H groups in total. The number of fused-ring (bicyclic) bond motifs is 1. The van der Waals surface area contributed by atoms with E-state index in [9.17, 15) is 4.79 Å². The number of esters is 1. The molecule has 0 fully saturated rings. The van der Waals surface area contributed by atoms with Gasteiger partial charge in [-0.25, -0.2) is 4.79 Å². The van der Waals surface area contributed by atoms with Crippen molar-refractivity contribution in [1.82, 2.24) is 5.32 Å². The van der Waals surface area contributed by atoms with Crippen molar-refractivity contribution in [2.45, 2.75) is 12.5 Å². The van der Waals surface area contributed by atoms with Crippen molar-refractivity contribution in [2.75, 3.05) is 20.8 Å². The number of rotatable bonds is 2. The predicted molar refractivity (Wildman–Crippen MR) is 59.5 cm³/mol. The van der Waals surface area contributed by atoms with Gasteiger partial charge < -0.3 is 14.8 Å². The van der Waals surface area contributed by atoms with Crippen LogP contribution >= 0.6 is 0 Å². The molecule has 0 saturated carbocycles. The summed E-state index contributed by atoms with van der Waals surface area (Å²) in [4.78, 5) is 11.6. The van der Waals surface area contributed by atoms with Gasteiger partial charge in [0.15, 0.2) is 0 Å². The molecule has 16 heavy (non-hydrogen) atoms. The molecule has 0 radical (unpaired) electrons. The second kappa shape index (κ2) is 4.53. The fourth-order valence-electron chi connectivity index (χ4n) is 2.09. The van der Waals surface area contributed by atoms with Crippen LogP contribution in [-0.4, -0.2) is 26.7 Å². The van der Waals surface area contributed by atoms with Gasteiger partial charge in [-0.2, -0.15) is 0 Å². The molecule has 2 rings (SSSR count). The summed E-state index contributed by atoms with van der Waals surface area (Å²) in [5, 5.41) is 3.15. The third-order valence-corrected chi connectivity index (χ3v) is 2.86. The van der Waals surface area contributed by atoms with Crippen molar-refractivity contribution in [3.8, 4) is 5.75 Å². The molecule has 0 saturated heterocycles. The van der Waals surface area contributed by atoms with Crippen molar-refractivity contribution in [3.63, 3.8) is 0 Å². The lowest BCUT2D eigenvalue weighted by molar-refractivity contribution is -0.143. The van der Waals surface area contributed by atoms with E-state index in [1.807, 2.05) is 18.2 Å². The smallest absolute Gasteiger partial charge is 0.327 e. The zero-order valence-corrected chi connectivity index (χ0v) is 9.45. The quantitative estimate of drug-likeness (QED) is 0.758. The summed E-state index contributed by atoms with van der Waals surface area (Å²) in [6, 6.07) is 5.37.